The van der Waals surface area contributed by atoms with Gasteiger partial charge in [0.05, 0.1) is 4.90 Å². The van der Waals surface area contributed by atoms with Crippen molar-refractivity contribution in [3.8, 4) is 0 Å². The maximum absolute atomic E-state index is 12.3. The third kappa shape index (κ3) is 4.28. The van der Waals surface area contributed by atoms with Gasteiger partial charge in [-0.2, -0.15) is 4.72 Å². The number of carbonyl (C=O) groups is 1. The Morgan fingerprint density at radius 2 is 2.00 bits per heavy atom. The lowest BCUT2D eigenvalue weighted by Crippen LogP contribution is -2.48. The summed E-state index contributed by atoms with van der Waals surface area (Å²) in [4.78, 5) is 11.5. The van der Waals surface area contributed by atoms with Crippen LogP contribution in [0.25, 0.3) is 0 Å². The Bertz CT molecular complexity index is 605. The van der Waals surface area contributed by atoms with E-state index in [1.54, 1.807) is 19.1 Å². The lowest BCUT2D eigenvalue weighted by Gasteiger charge is -2.21. The van der Waals surface area contributed by atoms with Crippen LogP contribution in [0.2, 0.25) is 0 Å². The van der Waals surface area contributed by atoms with E-state index < -0.39 is 22.0 Å². The second kappa shape index (κ2) is 7.02. The molecule has 1 amide bonds. The van der Waals surface area contributed by atoms with Gasteiger partial charge in [-0.05, 0) is 40.0 Å². The van der Waals surface area contributed by atoms with Gasteiger partial charge in [-0.15, -0.1) is 0 Å². The predicted octanol–water partition coefficient (Wildman–Crippen LogP) is 2.39. The number of sulfonamides is 1. The van der Waals surface area contributed by atoms with E-state index in [1.165, 1.54) is 6.07 Å². The second-order valence-corrected chi connectivity index (χ2v) is 7.91. The third-order valence-corrected chi connectivity index (χ3v) is 5.90. The van der Waals surface area contributed by atoms with Gasteiger partial charge in [0.25, 0.3) is 0 Å². The monoisotopic (exact) mass is 426 g/mol. The minimum Gasteiger partial charge on any atom is -0.368 e. The molecule has 2 unspecified atom stereocenters. The molecule has 0 radical (unpaired) electrons. The van der Waals surface area contributed by atoms with Crippen molar-refractivity contribution in [1.82, 2.24) is 4.72 Å². The van der Waals surface area contributed by atoms with E-state index in [0.29, 0.717) is 10.9 Å². The van der Waals surface area contributed by atoms with Crippen LogP contribution in [0.4, 0.5) is 0 Å². The number of rotatable bonds is 6. The molecular formula is C12H16Br2N2O3S. The first-order valence-corrected chi connectivity index (χ1v) is 9.02. The molecule has 20 heavy (non-hydrogen) atoms. The number of hydrogen-bond donors (Lipinski definition) is 2. The Morgan fingerprint density at radius 3 is 2.45 bits per heavy atom. The summed E-state index contributed by atoms with van der Waals surface area (Å²) in [6, 6.07) is 3.75. The molecule has 0 spiro atoms. The minimum atomic E-state index is -3.83. The highest BCUT2D eigenvalue weighted by molar-refractivity contribution is 9.11. The molecule has 1 rings (SSSR count). The molecule has 0 aliphatic carbocycles. The zero-order chi connectivity index (χ0) is 15.5. The van der Waals surface area contributed by atoms with Crippen LogP contribution in [-0.4, -0.2) is 20.4 Å². The van der Waals surface area contributed by atoms with Crippen molar-refractivity contribution in [1.29, 1.82) is 0 Å². The smallest absolute Gasteiger partial charge is 0.242 e. The molecule has 0 heterocycles. The zero-order valence-electron chi connectivity index (χ0n) is 11.1. The molecule has 5 nitrogen and oxygen atoms in total. The van der Waals surface area contributed by atoms with E-state index in [4.69, 9.17) is 5.73 Å². The SMILES string of the molecule is CCC(C)C(NS(=O)(=O)c1ccc(Br)cc1Br)C(N)=O. The first-order chi connectivity index (χ1) is 9.19. The lowest BCUT2D eigenvalue weighted by molar-refractivity contribution is -0.120. The normalized spacial score (nSPS) is 14.8. The number of nitrogens with one attached hydrogen (secondary N) is 1. The minimum absolute atomic E-state index is 0.0650. The van der Waals surface area contributed by atoms with Crippen LogP contribution >= 0.6 is 31.9 Å². The second-order valence-electron chi connectivity index (χ2n) is 4.46. The van der Waals surface area contributed by atoms with Gasteiger partial charge in [-0.3, -0.25) is 4.79 Å². The van der Waals surface area contributed by atoms with Crippen molar-refractivity contribution in [3.63, 3.8) is 0 Å². The fourth-order valence-electron chi connectivity index (χ4n) is 1.61. The summed E-state index contributed by atoms with van der Waals surface area (Å²) in [6.45, 7) is 3.64. The molecule has 0 saturated carbocycles. The van der Waals surface area contributed by atoms with Gasteiger partial charge in [0.15, 0.2) is 0 Å². The van der Waals surface area contributed by atoms with Crippen molar-refractivity contribution < 1.29 is 13.2 Å². The van der Waals surface area contributed by atoms with Gasteiger partial charge in [0, 0.05) is 8.95 Å². The highest BCUT2D eigenvalue weighted by Gasteiger charge is 2.29. The topological polar surface area (TPSA) is 89.3 Å². The van der Waals surface area contributed by atoms with E-state index in [0.717, 1.165) is 4.47 Å². The van der Waals surface area contributed by atoms with Gasteiger partial charge in [-0.1, -0.05) is 36.2 Å². The van der Waals surface area contributed by atoms with Gasteiger partial charge < -0.3 is 5.73 Å². The molecule has 3 N–H and O–H groups in total. The Hall–Kier alpha value is -0.440. The number of carbonyl (C=O) groups excluding carboxylic acids is 1. The summed E-state index contributed by atoms with van der Waals surface area (Å²) in [5.41, 5.74) is 5.28. The summed E-state index contributed by atoms with van der Waals surface area (Å²) in [7, 11) is -3.83. The van der Waals surface area contributed by atoms with Gasteiger partial charge in [0.1, 0.15) is 6.04 Å². The number of nitrogens with two attached hydrogens (primary N) is 1. The van der Waals surface area contributed by atoms with Gasteiger partial charge in [0.2, 0.25) is 15.9 Å². The Balaban J connectivity index is 3.13. The highest BCUT2D eigenvalue weighted by Crippen LogP contribution is 2.26. The number of amides is 1. The molecule has 0 fully saturated rings. The summed E-state index contributed by atoms with van der Waals surface area (Å²) in [5.74, 6) is -0.868. The molecule has 1 aromatic carbocycles. The maximum atomic E-state index is 12.3. The van der Waals surface area contributed by atoms with Crippen LogP contribution in [-0.2, 0) is 14.8 Å². The van der Waals surface area contributed by atoms with Gasteiger partial charge >= 0.3 is 0 Å². The molecule has 0 aliphatic rings. The molecule has 0 aromatic heterocycles. The number of primary amides is 1. The molecule has 1 aromatic rings. The average Bonchev–Trinajstić information content (AvgIpc) is 2.34. The number of halogens is 2. The van der Waals surface area contributed by atoms with Crippen molar-refractivity contribution in [3.05, 3.63) is 27.1 Å². The molecule has 0 aliphatic heterocycles. The molecular weight excluding hydrogens is 412 g/mol. The first kappa shape index (κ1) is 17.6. The first-order valence-electron chi connectivity index (χ1n) is 5.95. The molecule has 0 bridgehead atoms. The van der Waals surface area contributed by atoms with Gasteiger partial charge in [-0.25, -0.2) is 8.42 Å². The highest BCUT2D eigenvalue weighted by atomic mass is 79.9. The van der Waals surface area contributed by atoms with Crippen molar-refractivity contribution >= 4 is 47.8 Å². The van der Waals surface area contributed by atoms with Crippen LogP contribution in [0.3, 0.4) is 0 Å². The van der Waals surface area contributed by atoms with Crippen LogP contribution < -0.4 is 10.5 Å². The third-order valence-electron chi connectivity index (χ3n) is 2.99. The van der Waals surface area contributed by atoms with E-state index in [-0.39, 0.29) is 10.8 Å². The summed E-state index contributed by atoms with van der Waals surface area (Å²) in [5, 5.41) is 0. The Labute approximate surface area is 135 Å². The van der Waals surface area contributed by atoms with Crippen LogP contribution in [0, 0.1) is 5.92 Å². The fraction of sp³-hybridized carbons (Fsp3) is 0.417. The van der Waals surface area contributed by atoms with Crippen LogP contribution in [0.5, 0.6) is 0 Å². The summed E-state index contributed by atoms with van der Waals surface area (Å²) >= 11 is 6.45. The van der Waals surface area contributed by atoms with Crippen molar-refractivity contribution in [2.45, 2.75) is 31.2 Å². The molecule has 2 atom stereocenters. The van der Waals surface area contributed by atoms with E-state index >= 15 is 0 Å². The maximum Gasteiger partial charge on any atom is 0.242 e. The largest absolute Gasteiger partial charge is 0.368 e. The molecule has 8 heteroatoms. The standard InChI is InChI=1S/C12H16Br2N2O3S/c1-3-7(2)11(12(15)17)16-20(18,19)10-5-4-8(13)6-9(10)14/h4-7,11,16H,3H2,1-2H3,(H2,15,17). The summed E-state index contributed by atoms with van der Waals surface area (Å²) in [6.07, 6.45) is 0.637. The van der Waals surface area contributed by atoms with Crippen molar-refractivity contribution in [2.24, 2.45) is 11.7 Å². The van der Waals surface area contributed by atoms with E-state index in [1.807, 2.05) is 6.92 Å². The fourth-order valence-corrected chi connectivity index (χ4v) is 4.67. The number of benzene rings is 1. The lowest BCUT2D eigenvalue weighted by atomic mass is 10.00. The quantitative estimate of drug-likeness (QED) is 0.730. The molecule has 0 saturated heterocycles. The van der Waals surface area contributed by atoms with E-state index in [2.05, 4.69) is 36.6 Å². The predicted molar refractivity (Wildman–Crippen MR) is 84.6 cm³/mol. The van der Waals surface area contributed by atoms with Crippen LogP contribution in [0.15, 0.2) is 32.0 Å². The Morgan fingerprint density at radius 1 is 1.40 bits per heavy atom. The Kier molecular flexibility index (Phi) is 6.18. The van der Waals surface area contributed by atoms with E-state index in [9.17, 15) is 13.2 Å². The summed E-state index contributed by atoms with van der Waals surface area (Å²) < 4.78 is 28.2. The number of hydrogen-bond acceptors (Lipinski definition) is 3. The van der Waals surface area contributed by atoms with Crippen LogP contribution in [0.1, 0.15) is 20.3 Å². The molecule has 112 valence electrons. The van der Waals surface area contributed by atoms with Crippen molar-refractivity contribution in [2.75, 3.05) is 0 Å². The average molecular weight is 428 g/mol. The zero-order valence-corrected chi connectivity index (χ0v) is 15.0.